The fourth-order valence-corrected chi connectivity index (χ4v) is 0.819. The van der Waals surface area contributed by atoms with Crippen LogP contribution in [0.2, 0.25) is 0 Å². The Morgan fingerprint density at radius 1 is 1.07 bits per heavy atom. The SMILES string of the molecule is CC.Nc1ccc(N)c(C(F)(F)F)c1. The Bertz CT molecular complexity index is 295. The summed E-state index contributed by atoms with van der Waals surface area (Å²) >= 11 is 0. The van der Waals surface area contributed by atoms with E-state index in [1.165, 1.54) is 6.07 Å². The number of hydrogen-bond donors (Lipinski definition) is 2. The van der Waals surface area contributed by atoms with Gasteiger partial charge in [-0.05, 0) is 18.2 Å². The zero-order valence-electron chi connectivity index (χ0n) is 8.02. The van der Waals surface area contributed by atoms with Crippen LogP contribution in [0.3, 0.4) is 0 Å². The molecule has 0 spiro atoms. The van der Waals surface area contributed by atoms with Gasteiger partial charge in [-0.15, -0.1) is 0 Å². The van der Waals surface area contributed by atoms with Crippen molar-refractivity contribution in [1.82, 2.24) is 0 Å². The summed E-state index contributed by atoms with van der Waals surface area (Å²) in [7, 11) is 0. The van der Waals surface area contributed by atoms with Gasteiger partial charge in [0, 0.05) is 11.4 Å². The number of benzene rings is 1. The van der Waals surface area contributed by atoms with E-state index in [2.05, 4.69) is 0 Å². The summed E-state index contributed by atoms with van der Waals surface area (Å²) in [5.41, 5.74) is 9.13. The average Bonchev–Trinajstić information content (AvgIpc) is 2.11. The quantitative estimate of drug-likeness (QED) is 0.641. The molecule has 0 aliphatic heterocycles. The summed E-state index contributed by atoms with van der Waals surface area (Å²) < 4.78 is 36.3. The van der Waals surface area contributed by atoms with Crippen molar-refractivity contribution in [2.24, 2.45) is 0 Å². The average molecular weight is 206 g/mol. The third-order valence-corrected chi connectivity index (χ3v) is 1.38. The number of halogens is 3. The second kappa shape index (κ2) is 4.74. The van der Waals surface area contributed by atoms with Crippen molar-refractivity contribution in [1.29, 1.82) is 0 Å². The minimum absolute atomic E-state index is 0.0523. The molecule has 0 amide bonds. The van der Waals surface area contributed by atoms with Crippen molar-refractivity contribution >= 4 is 11.4 Å². The molecule has 0 aromatic heterocycles. The molecule has 4 N–H and O–H groups in total. The van der Waals surface area contributed by atoms with Crippen LogP contribution in [0.1, 0.15) is 19.4 Å². The molecule has 5 heteroatoms. The van der Waals surface area contributed by atoms with Crippen molar-refractivity contribution in [3.8, 4) is 0 Å². The first-order valence-electron chi connectivity index (χ1n) is 4.13. The van der Waals surface area contributed by atoms with Crippen LogP contribution in [0.5, 0.6) is 0 Å². The molecule has 0 unspecified atom stereocenters. The van der Waals surface area contributed by atoms with E-state index in [9.17, 15) is 13.2 Å². The van der Waals surface area contributed by atoms with E-state index >= 15 is 0 Å². The van der Waals surface area contributed by atoms with E-state index in [1.807, 2.05) is 13.8 Å². The van der Waals surface area contributed by atoms with Gasteiger partial charge in [0.15, 0.2) is 0 Å². The molecule has 1 rings (SSSR count). The molecule has 1 aromatic carbocycles. The molecule has 80 valence electrons. The normalized spacial score (nSPS) is 10.4. The van der Waals surface area contributed by atoms with E-state index < -0.39 is 11.7 Å². The topological polar surface area (TPSA) is 52.0 Å². The van der Waals surface area contributed by atoms with E-state index in [4.69, 9.17) is 11.5 Å². The van der Waals surface area contributed by atoms with Gasteiger partial charge in [-0.2, -0.15) is 13.2 Å². The highest BCUT2D eigenvalue weighted by Gasteiger charge is 2.32. The summed E-state index contributed by atoms with van der Waals surface area (Å²) in [6.07, 6.45) is -4.43. The number of hydrogen-bond acceptors (Lipinski definition) is 2. The zero-order valence-corrected chi connectivity index (χ0v) is 8.02. The van der Waals surface area contributed by atoms with Crippen molar-refractivity contribution in [2.45, 2.75) is 20.0 Å². The Morgan fingerprint density at radius 3 is 1.93 bits per heavy atom. The van der Waals surface area contributed by atoms with Crippen LogP contribution in [0.25, 0.3) is 0 Å². The second-order valence-electron chi connectivity index (χ2n) is 2.34. The Labute approximate surface area is 80.7 Å². The first-order valence-corrected chi connectivity index (χ1v) is 4.13. The maximum atomic E-state index is 12.1. The highest BCUT2D eigenvalue weighted by molar-refractivity contribution is 5.56. The lowest BCUT2D eigenvalue weighted by atomic mass is 10.1. The molecule has 0 radical (unpaired) electrons. The van der Waals surface area contributed by atoms with Crippen LogP contribution in [0.4, 0.5) is 24.5 Å². The number of anilines is 2. The van der Waals surface area contributed by atoms with Gasteiger partial charge < -0.3 is 11.5 Å². The molecule has 0 aliphatic carbocycles. The molecule has 0 atom stereocenters. The summed E-state index contributed by atoms with van der Waals surface area (Å²) in [5, 5.41) is 0. The molecule has 0 saturated heterocycles. The molecule has 1 aromatic rings. The molecule has 0 aliphatic rings. The molecule has 0 heterocycles. The second-order valence-corrected chi connectivity index (χ2v) is 2.34. The number of nitrogens with two attached hydrogens (primary N) is 2. The maximum Gasteiger partial charge on any atom is 0.418 e. The fourth-order valence-electron chi connectivity index (χ4n) is 0.819. The van der Waals surface area contributed by atoms with Gasteiger partial charge in [-0.1, -0.05) is 13.8 Å². The van der Waals surface area contributed by atoms with Crippen molar-refractivity contribution in [3.05, 3.63) is 23.8 Å². The van der Waals surface area contributed by atoms with Gasteiger partial charge in [0.2, 0.25) is 0 Å². The van der Waals surface area contributed by atoms with E-state index in [-0.39, 0.29) is 11.4 Å². The van der Waals surface area contributed by atoms with E-state index in [0.29, 0.717) is 0 Å². The first-order chi connectivity index (χ1) is 6.41. The summed E-state index contributed by atoms with van der Waals surface area (Å²) in [4.78, 5) is 0. The number of alkyl halides is 3. The first kappa shape index (κ1) is 12.6. The predicted octanol–water partition coefficient (Wildman–Crippen LogP) is 2.90. The summed E-state index contributed by atoms with van der Waals surface area (Å²) in [5.74, 6) is 0. The van der Waals surface area contributed by atoms with Crippen LogP contribution in [0, 0.1) is 0 Å². The van der Waals surface area contributed by atoms with Gasteiger partial charge in [0.25, 0.3) is 0 Å². The lowest BCUT2D eigenvalue weighted by Crippen LogP contribution is -2.09. The molecular weight excluding hydrogens is 193 g/mol. The predicted molar refractivity (Wildman–Crippen MR) is 51.6 cm³/mol. The van der Waals surface area contributed by atoms with Crippen LogP contribution >= 0.6 is 0 Å². The Hall–Kier alpha value is -1.39. The minimum Gasteiger partial charge on any atom is -0.399 e. The van der Waals surface area contributed by atoms with Gasteiger partial charge in [-0.3, -0.25) is 0 Å². The third-order valence-electron chi connectivity index (χ3n) is 1.38. The highest BCUT2D eigenvalue weighted by atomic mass is 19.4. The minimum atomic E-state index is -4.43. The van der Waals surface area contributed by atoms with Crippen molar-refractivity contribution < 1.29 is 13.2 Å². The Kier molecular flexibility index (Phi) is 4.27. The number of nitrogen functional groups attached to an aromatic ring is 2. The van der Waals surface area contributed by atoms with Gasteiger partial charge >= 0.3 is 6.18 Å². The number of rotatable bonds is 0. The Morgan fingerprint density at radius 2 is 1.57 bits per heavy atom. The summed E-state index contributed by atoms with van der Waals surface area (Å²) in [6, 6.07) is 3.28. The molecule has 2 nitrogen and oxygen atoms in total. The van der Waals surface area contributed by atoms with Gasteiger partial charge in [-0.25, -0.2) is 0 Å². The van der Waals surface area contributed by atoms with Crippen LogP contribution in [0.15, 0.2) is 18.2 Å². The third kappa shape index (κ3) is 3.16. The zero-order chi connectivity index (χ0) is 11.4. The summed E-state index contributed by atoms with van der Waals surface area (Å²) in [6.45, 7) is 4.00. The lowest BCUT2D eigenvalue weighted by molar-refractivity contribution is -0.136. The van der Waals surface area contributed by atoms with E-state index in [0.717, 1.165) is 12.1 Å². The van der Waals surface area contributed by atoms with Crippen molar-refractivity contribution in [3.63, 3.8) is 0 Å². The fraction of sp³-hybridized carbons (Fsp3) is 0.333. The van der Waals surface area contributed by atoms with Crippen LogP contribution in [-0.4, -0.2) is 0 Å². The van der Waals surface area contributed by atoms with Crippen LogP contribution < -0.4 is 11.5 Å². The maximum absolute atomic E-state index is 12.1. The van der Waals surface area contributed by atoms with Crippen molar-refractivity contribution in [2.75, 3.05) is 11.5 Å². The molecule has 0 saturated carbocycles. The van der Waals surface area contributed by atoms with Gasteiger partial charge in [0.05, 0.1) is 5.56 Å². The molecule has 14 heavy (non-hydrogen) atoms. The molecule has 0 fully saturated rings. The Balaban J connectivity index is 0.000000791. The van der Waals surface area contributed by atoms with Gasteiger partial charge in [0.1, 0.15) is 0 Å². The smallest absolute Gasteiger partial charge is 0.399 e. The standard InChI is InChI=1S/C7H7F3N2.C2H6/c8-7(9,10)5-3-4(11)1-2-6(5)12;1-2/h1-3H,11-12H2;1-2H3. The molecular formula is C9H13F3N2. The highest BCUT2D eigenvalue weighted by Crippen LogP contribution is 2.34. The lowest BCUT2D eigenvalue weighted by Gasteiger charge is -2.09. The monoisotopic (exact) mass is 206 g/mol. The van der Waals surface area contributed by atoms with Crippen LogP contribution in [-0.2, 0) is 6.18 Å². The molecule has 0 bridgehead atoms. The largest absolute Gasteiger partial charge is 0.418 e. The van der Waals surface area contributed by atoms with E-state index in [1.54, 1.807) is 0 Å².